The lowest BCUT2D eigenvalue weighted by Crippen LogP contribution is -2.50. The Bertz CT molecular complexity index is 372. The molecule has 108 valence electrons. The van der Waals surface area contributed by atoms with Gasteiger partial charge in [-0.25, -0.2) is 9.59 Å². The molecule has 2 heterocycles. The first kappa shape index (κ1) is 14.1. The number of hydrogen-bond acceptors (Lipinski definition) is 3. The second-order valence-corrected chi connectivity index (χ2v) is 5.83. The van der Waals surface area contributed by atoms with Crippen LogP contribution in [0.25, 0.3) is 0 Å². The Morgan fingerprint density at radius 3 is 2.53 bits per heavy atom. The van der Waals surface area contributed by atoms with Crippen molar-refractivity contribution < 1.29 is 19.8 Å². The van der Waals surface area contributed by atoms with E-state index in [4.69, 9.17) is 5.11 Å². The molecule has 0 aliphatic carbocycles. The van der Waals surface area contributed by atoms with Crippen molar-refractivity contribution in [3.8, 4) is 0 Å². The largest absolute Gasteiger partial charge is 0.480 e. The minimum Gasteiger partial charge on any atom is -0.480 e. The number of nitrogens with zero attached hydrogens (tertiary/aromatic N) is 2. The number of urea groups is 1. The lowest BCUT2D eigenvalue weighted by Gasteiger charge is -2.33. The van der Waals surface area contributed by atoms with Gasteiger partial charge in [0.05, 0.1) is 6.10 Å². The molecule has 0 aromatic rings. The fourth-order valence-corrected chi connectivity index (χ4v) is 3.15. The van der Waals surface area contributed by atoms with Crippen molar-refractivity contribution in [3.63, 3.8) is 0 Å². The molecule has 2 rings (SSSR count). The van der Waals surface area contributed by atoms with Gasteiger partial charge in [0.2, 0.25) is 0 Å². The highest BCUT2D eigenvalue weighted by atomic mass is 16.4. The molecule has 6 heteroatoms. The van der Waals surface area contributed by atoms with E-state index in [1.54, 1.807) is 4.90 Å². The topological polar surface area (TPSA) is 81.1 Å². The van der Waals surface area contributed by atoms with Gasteiger partial charge in [-0.15, -0.1) is 0 Å². The van der Waals surface area contributed by atoms with Crippen molar-refractivity contribution in [1.29, 1.82) is 0 Å². The second-order valence-electron chi connectivity index (χ2n) is 5.83. The molecule has 2 N–H and O–H groups in total. The van der Waals surface area contributed by atoms with E-state index in [-0.39, 0.29) is 25.0 Å². The van der Waals surface area contributed by atoms with Gasteiger partial charge in [-0.2, -0.15) is 0 Å². The molecule has 0 saturated carbocycles. The van der Waals surface area contributed by atoms with Crippen molar-refractivity contribution in [1.82, 2.24) is 9.80 Å². The predicted molar refractivity (Wildman–Crippen MR) is 68.7 cm³/mol. The summed E-state index contributed by atoms with van der Waals surface area (Å²) in [5, 5.41) is 18.8. The SMILES string of the molecule is CC(C)C1CCCN1C(=O)N1C[C@@H](O)C[C@H]1C(=O)O. The van der Waals surface area contributed by atoms with E-state index in [0.717, 1.165) is 12.8 Å². The Balaban J connectivity index is 2.12. The molecule has 0 aromatic carbocycles. The summed E-state index contributed by atoms with van der Waals surface area (Å²) in [6.45, 7) is 4.95. The quantitative estimate of drug-likeness (QED) is 0.775. The minimum absolute atomic E-state index is 0.122. The van der Waals surface area contributed by atoms with E-state index in [1.807, 2.05) is 0 Å². The van der Waals surface area contributed by atoms with E-state index in [0.29, 0.717) is 12.5 Å². The van der Waals surface area contributed by atoms with E-state index >= 15 is 0 Å². The van der Waals surface area contributed by atoms with Crippen molar-refractivity contribution >= 4 is 12.0 Å². The Morgan fingerprint density at radius 2 is 1.95 bits per heavy atom. The van der Waals surface area contributed by atoms with Crippen molar-refractivity contribution in [2.45, 2.75) is 51.3 Å². The average Bonchev–Trinajstić information content (AvgIpc) is 2.93. The summed E-state index contributed by atoms with van der Waals surface area (Å²) in [6, 6.07) is -0.948. The van der Waals surface area contributed by atoms with Crippen LogP contribution in [0, 0.1) is 5.92 Å². The maximum absolute atomic E-state index is 12.5. The Labute approximate surface area is 113 Å². The van der Waals surface area contributed by atoms with Gasteiger partial charge < -0.3 is 20.0 Å². The lowest BCUT2D eigenvalue weighted by molar-refractivity contribution is -0.141. The van der Waals surface area contributed by atoms with Crippen LogP contribution >= 0.6 is 0 Å². The number of rotatable bonds is 2. The van der Waals surface area contributed by atoms with E-state index < -0.39 is 18.1 Å². The highest BCUT2D eigenvalue weighted by molar-refractivity contribution is 5.83. The summed E-state index contributed by atoms with van der Waals surface area (Å²) in [4.78, 5) is 26.8. The van der Waals surface area contributed by atoms with Crippen molar-refractivity contribution in [2.75, 3.05) is 13.1 Å². The van der Waals surface area contributed by atoms with Gasteiger partial charge >= 0.3 is 12.0 Å². The van der Waals surface area contributed by atoms with Gasteiger partial charge in [0.1, 0.15) is 6.04 Å². The van der Waals surface area contributed by atoms with Crippen LogP contribution < -0.4 is 0 Å². The Hall–Kier alpha value is -1.30. The number of likely N-dealkylation sites (tertiary alicyclic amines) is 2. The van der Waals surface area contributed by atoms with E-state index in [9.17, 15) is 14.7 Å². The van der Waals surface area contributed by atoms with Crippen LogP contribution in [0.2, 0.25) is 0 Å². The smallest absolute Gasteiger partial charge is 0.326 e. The number of hydrogen-bond donors (Lipinski definition) is 2. The van der Waals surface area contributed by atoms with Gasteiger partial charge in [-0.3, -0.25) is 0 Å². The number of carbonyl (C=O) groups excluding carboxylic acids is 1. The Morgan fingerprint density at radius 1 is 1.26 bits per heavy atom. The molecule has 2 aliphatic rings. The molecule has 2 amide bonds. The van der Waals surface area contributed by atoms with Crippen LogP contribution in [0.4, 0.5) is 4.79 Å². The summed E-state index contributed by atoms with van der Waals surface area (Å²) in [5.41, 5.74) is 0. The molecular weight excluding hydrogens is 248 g/mol. The number of aliphatic hydroxyl groups is 1. The number of β-amino-alcohol motifs (C(OH)–C–C–N with tert-alkyl or cyclic N) is 1. The second kappa shape index (κ2) is 5.36. The van der Waals surface area contributed by atoms with Crippen molar-refractivity contribution in [3.05, 3.63) is 0 Å². The van der Waals surface area contributed by atoms with E-state index in [2.05, 4.69) is 13.8 Å². The molecule has 1 unspecified atom stereocenters. The van der Waals surface area contributed by atoms with Crippen LogP contribution in [0.1, 0.15) is 33.1 Å². The molecule has 19 heavy (non-hydrogen) atoms. The molecule has 2 saturated heterocycles. The summed E-state index contributed by atoms with van der Waals surface area (Å²) >= 11 is 0. The van der Waals surface area contributed by atoms with Crippen LogP contribution in [0.5, 0.6) is 0 Å². The van der Waals surface area contributed by atoms with Crippen molar-refractivity contribution in [2.24, 2.45) is 5.92 Å². The number of aliphatic hydroxyl groups excluding tert-OH is 1. The fourth-order valence-electron chi connectivity index (χ4n) is 3.15. The standard InChI is InChI=1S/C13H22N2O4/c1-8(2)10-4-3-5-14(10)13(19)15-7-9(16)6-11(15)12(17)18/h8-11,16H,3-7H2,1-2H3,(H,17,18)/t9-,10?,11-/m0/s1. The normalized spacial score (nSPS) is 31.3. The number of amides is 2. The predicted octanol–water partition coefficient (Wildman–Crippen LogP) is 0.747. The van der Waals surface area contributed by atoms with Gasteiger partial charge in [0.25, 0.3) is 0 Å². The van der Waals surface area contributed by atoms with Gasteiger partial charge in [0, 0.05) is 25.6 Å². The highest BCUT2D eigenvalue weighted by Crippen LogP contribution is 2.28. The summed E-state index contributed by atoms with van der Waals surface area (Å²) in [7, 11) is 0. The molecule has 3 atom stereocenters. The average molecular weight is 270 g/mol. The molecule has 0 aromatic heterocycles. The molecule has 2 fully saturated rings. The first-order valence-electron chi connectivity index (χ1n) is 6.90. The third-order valence-corrected chi connectivity index (χ3v) is 4.12. The summed E-state index contributed by atoms with van der Waals surface area (Å²) in [6.07, 6.45) is 1.33. The third kappa shape index (κ3) is 2.68. The Kier molecular flexibility index (Phi) is 3.99. The van der Waals surface area contributed by atoms with Crippen LogP contribution in [0.3, 0.4) is 0 Å². The number of carboxylic acids is 1. The number of carbonyl (C=O) groups is 2. The minimum atomic E-state index is -1.04. The molecule has 0 bridgehead atoms. The van der Waals surface area contributed by atoms with E-state index in [1.165, 1.54) is 4.90 Å². The third-order valence-electron chi connectivity index (χ3n) is 4.12. The molecule has 0 spiro atoms. The first-order valence-corrected chi connectivity index (χ1v) is 6.90. The van der Waals surface area contributed by atoms with Crippen LogP contribution in [-0.4, -0.2) is 63.3 Å². The van der Waals surface area contributed by atoms with Crippen LogP contribution in [-0.2, 0) is 4.79 Å². The summed E-state index contributed by atoms with van der Waals surface area (Å²) < 4.78 is 0. The fraction of sp³-hybridized carbons (Fsp3) is 0.846. The van der Waals surface area contributed by atoms with Gasteiger partial charge in [-0.05, 0) is 18.8 Å². The number of aliphatic carboxylic acids is 1. The monoisotopic (exact) mass is 270 g/mol. The number of carboxylic acid groups (broad SMARTS) is 1. The summed E-state index contributed by atoms with van der Waals surface area (Å²) in [5.74, 6) is -0.674. The zero-order chi connectivity index (χ0) is 14.2. The zero-order valence-electron chi connectivity index (χ0n) is 11.5. The maximum atomic E-state index is 12.5. The first-order chi connectivity index (χ1) is 8.91. The molecular formula is C13H22N2O4. The van der Waals surface area contributed by atoms with Gasteiger partial charge in [0.15, 0.2) is 0 Å². The van der Waals surface area contributed by atoms with Gasteiger partial charge in [-0.1, -0.05) is 13.8 Å². The molecule has 2 aliphatic heterocycles. The molecule has 0 radical (unpaired) electrons. The molecule has 6 nitrogen and oxygen atoms in total. The highest BCUT2D eigenvalue weighted by Gasteiger charge is 2.43. The van der Waals surface area contributed by atoms with Crippen LogP contribution in [0.15, 0.2) is 0 Å². The maximum Gasteiger partial charge on any atom is 0.326 e. The lowest BCUT2D eigenvalue weighted by atomic mass is 10.0. The zero-order valence-corrected chi connectivity index (χ0v) is 11.5.